The number of benzene rings is 3. The number of aromatic nitrogens is 5. The molecule has 3 aliphatic heterocycles. The van der Waals surface area contributed by atoms with Gasteiger partial charge in [0, 0.05) is 73.1 Å². The van der Waals surface area contributed by atoms with Crippen molar-refractivity contribution in [2.75, 3.05) is 67.6 Å². The number of anilines is 3. The van der Waals surface area contributed by atoms with Crippen molar-refractivity contribution in [1.29, 1.82) is 0 Å². The van der Waals surface area contributed by atoms with Crippen molar-refractivity contribution in [2.24, 2.45) is 5.92 Å². The molecule has 4 amide bonds. The number of ether oxygens (including phenoxy) is 1. The largest absolute Gasteiger partial charge is 0.477 e. The zero-order valence-corrected chi connectivity index (χ0v) is 30.8. The first-order valence-corrected chi connectivity index (χ1v) is 18.5. The fourth-order valence-corrected chi connectivity index (χ4v) is 7.69. The first-order chi connectivity index (χ1) is 27.1. The quantitative estimate of drug-likeness (QED) is 0.167. The van der Waals surface area contributed by atoms with E-state index >= 15 is 0 Å². The van der Waals surface area contributed by atoms with Gasteiger partial charge in [-0.05, 0) is 82.9 Å². The van der Waals surface area contributed by atoms with E-state index in [-0.39, 0.29) is 31.1 Å². The second kappa shape index (κ2) is 15.5. The van der Waals surface area contributed by atoms with Crippen molar-refractivity contribution in [2.45, 2.75) is 18.9 Å². The number of nitrogens with one attached hydrogen (secondary N) is 2. The van der Waals surface area contributed by atoms with Crippen molar-refractivity contribution in [3.63, 3.8) is 0 Å². The van der Waals surface area contributed by atoms with Crippen molar-refractivity contribution in [3.8, 4) is 5.69 Å². The summed E-state index contributed by atoms with van der Waals surface area (Å²) in [6, 6.07) is 17.3. The van der Waals surface area contributed by atoms with E-state index in [0.717, 1.165) is 38.4 Å². The van der Waals surface area contributed by atoms with Crippen LogP contribution in [0.1, 0.15) is 22.5 Å². The van der Waals surface area contributed by atoms with Crippen LogP contribution < -0.4 is 15.1 Å². The molecule has 56 heavy (non-hydrogen) atoms. The van der Waals surface area contributed by atoms with Crippen LogP contribution in [0.15, 0.2) is 73.1 Å². The number of carboxylic acid groups (broad SMARTS) is 1. The SMILES string of the molecule is O=C(O)c1cc2cc(NC(=O)[C@H](Cc3ccc(N4CCN(CC5CCOC5)CC4=O)cc3)N3CCN(c4cc(Cl)ccc4-n4cnnn4)C(=O)C3=O)ccc2[nH]1. The summed E-state index contributed by atoms with van der Waals surface area (Å²) in [5, 5.41) is 24.5. The fourth-order valence-electron chi connectivity index (χ4n) is 7.53. The Labute approximate surface area is 324 Å². The molecule has 3 fully saturated rings. The van der Waals surface area contributed by atoms with Gasteiger partial charge in [-0.3, -0.25) is 24.1 Å². The van der Waals surface area contributed by atoms with Gasteiger partial charge >= 0.3 is 17.8 Å². The lowest BCUT2D eigenvalue weighted by Gasteiger charge is -2.38. The maximum absolute atomic E-state index is 14.2. The van der Waals surface area contributed by atoms with Crippen LogP contribution in [-0.2, 0) is 30.3 Å². The Kier molecular flexibility index (Phi) is 10.2. The number of aromatic carboxylic acids is 1. The number of hydrogen-bond acceptors (Lipinski definition) is 10. The molecule has 1 unspecified atom stereocenters. The Morgan fingerprint density at radius 2 is 1.77 bits per heavy atom. The number of H-pyrrole nitrogens is 1. The zero-order valence-electron chi connectivity index (χ0n) is 30.0. The van der Waals surface area contributed by atoms with Crippen LogP contribution in [0.5, 0.6) is 0 Å². The topological polar surface area (TPSA) is 199 Å². The van der Waals surface area contributed by atoms with E-state index in [0.29, 0.717) is 57.6 Å². The van der Waals surface area contributed by atoms with Crippen LogP contribution in [0, 0.1) is 5.92 Å². The van der Waals surface area contributed by atoms with Crippen molar-refractivity contribution >= 4 is 69.2 Å². The van der Waals surface area contributed by atoms with Gasteiger partial charge in [-0.15, -0.1) is 5.10 Å². The van der Waals surface area contributed by atoms with Gasteiger partial charge in [0.05, 0.1) is 24.5 Å². The molecule has 18 heteroatoms. The number of carbonyl (C=O) groups is 5. The summed E-state index contributed by atoms with van der Waals surface area (Å²) in [4.78, 5) is 76.1. The number of carboxylic acids is 1. The third-order valence-electron chi connectivity index (χ3n) is 10.4. The van der Waals surface area contributed by atoms with Crippen LogP contribution in [0.25, 0.3) is 16.6 Å². The molecule has 5 heterocycles. The Balaban J connectivity index is 1.03. The maximum atomic E-state index is 14.2. The Bertz CT molecular complexity index is 2310. The average Bonchev–Trinajstić information content (AvgIpc) is 3.99. The summed E-state index contributed by atoms with van der Waals surface area (Å²) in [7, 11) is 0. The number of carbonyl (C=O) groups excluding carboxylic acids is 4. The number of halogens is 1. The molecule has 17 nitrogen and oxygen atoms in total. The Morgan fingerprint density at radius 1 is 0.946 bits per heavy atom. The van der Waals surface area contributed by atoms with E-state index in [9.17, 15) is 29.1 Å². The number of nitrogens with zero attached hydrogens (tertiary/aromatic N) is 8. The van der Waals surface area contributed by atoms with Gasteiger partial charge in [-0.25, -0.2) is 4.79 Å². The van der Waals surface area contributed by atoms with Gasteiger partial charge in [-0.2, -0.15) is 4.68 Å². The highest BCUT2D eigenvalue weighted by Crippen LogP contribution is 2.31. The van der Waals surface area contributed by atoms with E-state index in [1.54, 1.807) is 41.3 Å². The molecule has 3 aliphatic rings. The van der Waals surface area contributed by atoms with Crippen molar-refractivity contribution in [3.05, 3.63) is 89.3 Å². The number of tetrazole rings is 1. The monoisotopic (exact) mass is 780 g/mol. The molecule has 3 N–H and O–H groups in total. The Morgan fingerprint density at radius 3 is 2.50 bits per heavy atom. The minimum atomic E-state index is -1.13. The lowest BCUT2D eigenvalue weighted by Crippen LogP contribution is -2.60. The van der Waals surface area contributed by atoms with Gasteiger partial charge in [0.15, 0.2) is 0 Å². The highest BCUT2D eigenvalue weighted by Gasteiger charge is 2.41. The standard InChI is InChI=1S/C38H37ClN10O7/c39-26-3-8-31(49-22-40-43-44-49)32(18-26)47-12-13-48(37(53)36(47)52)33(35(51)41-27-4-7-29-25(16-27)17-30(42-29)38(54)55)15-23-1-5-28(6-2-23)46-11-10-45(20-34(46)50)19-24-9-14-56-21-24/h1-8,16-18,22,24,33,42H,9-15,19-21H2,(H,41,51)(H,54,55)/t24?,33-/m0/s1. The summed E-state index contributed by atoms with van der Waals surface area (Å²) < 4.78 is 6.86. The second-order valence-corrected chi connectivity index (χ2v) is 14.5. The molecule has 3 saturated heterocycles. The van der Waals surface area contributed by atoms with Gasteiger partial charge in [-0.1, -0.05) is 23.7 Å². The minimum Gasteiger partial charge on any atom is -0.477 e. The molecule has 0 saturated carbocycles. The Hall–Kier alpha value is -6.17. The van der Waals surface area contributed by atoms with Gasteiger partial charge in [0.1, 0.15) is 18.1 Å². The first-order valence-electron chi connectivity index (χ1n) is 18.1. The van der Waals surface area contributed by atoms with Crippen LogP contribution in [-0.4, -0.2) is 128 Å². The second-order valence-electron chi connectivity index (χ2n) is 14.0. The van der Waals surface area contributed by atoms with Crippen LogP contribution in [0.3, 0.4) is 0 Å². The van der Waals surface area contributed by atoms with E-state index in [2.05, 4.69) is 30.7 Å². The normalized spacial score (nSPS) is 18.6. The van der Waals surface area contributed by atoms with Gasteiger partial charge < -0.3 is 34.8 Å². The van der Waals surface area contributed by atoms with Gasteiger partial charge in [0.25, 0.3) is 0 Å². The van der Waals surface area contributed by atoms with Gasteiger partial charge in [0.2, 0.25) is 11.8 Å². The molecule has 5 aromatic rings. The highest BCUT2D eigenvalue weighted by molar-refractivity contribution is 6.41. The molecular formula is C38H37ClN10O7. The number of fused-ring (bicyclic) bond motifs is 1. The molecule has 0 radical (unpaired) electrons. The minimum absolute atomic E-state index is 0.0000370. The number of amides is 4. The molecule has 3 aromatic carbocycles. The summed E-state index contributed by atoms with van der Waals surface area (Å²) in [5.74, 6) is -2.99. The number of hydrogen-bond donors (Lipinski definition) is 3. The van der Waals surface area contributed by atoms with Crippen LogP contribution in [0.4, 0.5) is 17.1 Å². The number of aromatic amines is 1. The summed E-state index contributed by atoms with van der Waals surface area (Å²) in [5.41, 5.74) is 3.12. The van der Waals surface area contributed by atoms with Crippen LogP contribution in [0.2, 0.25) is 5.02 Å². The fraction of sp³-hybridized carbons (Fsp3) is 0.316. The average molecular weight is 781 g/mol. The number of rotatable bonds is 11. The summed E-state index contributed by atoms with van der Waals surface area (Å²) in [6.07, 6.45) is 2.42. The first kappa shape index (κ1) is 36.8. The molecule has 2 aromatic heterocycles. The number of piperazine rings is 2. The molecule has 2 atom stereocenters. The lowest BCUT2D eigenvalue weighted by molar-refractivity contribution is -0.149. The third-order valence-corrected chi connectivity index (χ3v) is 10.6. The predicted molar refractivity (Wildman–Crippen MR) is 204 cm³/mol. The maximum Gasteiger partial charge on any atom is 0.352 e. The summed E-state index contributed by atoms with van der Waals surface area (Å²) in [6.45, 7) is 3.97. The molecular weight excluding hydrogens is 744 g/mol. The summed E-state index contributed by atoms with van der Waals surface area (Å²) >= 11 is 6.32. The van der Waals surface area contributed by atoms with Crippen molar-refractivity contribution < 1.29 is 33.8 Å². The van der Waals surface area contributed by atoms with E-state index in [1.807, 2.05) is 24.3 Å². The molecule has 0 bridgehead atoms. The highest BCUT2D eigenvalue weighted by atomic mass is 35.5. The molecule has 0 spiro atoms. The smallest absolute Gasteiger partial charge is 0.352 e. The lowest BCUT2D eigenvalue weighted by atomic mass is 10.0. The van der Waals surface area contributed by atoms with E-state index in [4.69, 9.17) is 16.3 Å². The van der Waals surface area contributed by atoms with Crippen LogP contribution >= 0.6 is 11.6 Å². The van der Waals surface area contributed by atoms with Crippen molar-refractivity contribution in [1.82, 2.24) is 35.0 Å². The predicted octanol–water partition coefficient (Wildman–Crippen LogP) is 2.61. The molecule has 0 aliphatic carbocycles. The van der Waals surface area contributed by atoms with E-state index < -0.39 is 29.7 Å². The van der Waals surface area contributed by atoms with E-state index in [1.165, 1.54) is 26.9 Å². The molecule has 8 rings (SSSR count). The third kappa shape index (κ3) is 7.56. The zero-order chi connectivity index (χ0) is 38.9. The molecule has 288 valence electrons.